The average Bonchev–Trinajstić information content (AvgIpc) is 2.27. The van der Waals surface area contributed by atoms with Crippen LogP contribution in [0, 0.1) is 5.92 Å². The lowest BCUT2D eigenvalue weighted by Crippen LogP contribution is -2.39. The van der Waals surface area contributed by atoms with E-state index in [4.69, 9.17) is 4.74 Å². The molecule has 0 aliphatic heterocycles. The third-order valence-corrected chi connectivity index (χ3v) is 4.18. The molecule has 0 heterocycles. The molecule has 0 radical (unpaired) electrons. The van der Waals surface area contributed by atoms with Gasteiger partial charge in [0.15, 0.2) is 0 Å². The van der Waals surface area contributed by atoms with Gasteiger partial charge >= 0.3 is 0 Å². The minimum atomic E-state index is 0.225. The first kappa shape index (κ1) is 12.6. The molecule has 1 aromatic rings. The molecule has 0 unspecified atom stereocenters. The van der Waals surface area contributed by atoms with Crippen LogP contribution in [0.4, 0.5) is 0 Å². The van der Waals surface area contributed by atoms with Crippen LogP contribution < -0.4 is 0 Å². The first-order valence-corrected chi connectivity index (χ1v) is 6.59. The lowest BCUT2D eigenvalue weighted by molar-refractivity contribution is 0.0331. The Morgan fingerprint density at radius 3 is 2.47 bits per heavy atom. The molecule has 2 atom stereocenters. The molecule has 0 saturated carbocycles. The van der Waals surface area contributed by atoms with E-state index in [1.165, 1.54) is 11.1 Å². The minimum absolute atomic E-state index is 0.225. The van der Waals surface area contributed by atoms with Crippen LogP contribution in [0.3, 0.4) is 0 Å². The monoisotopic (exact) mass is 232 g/mol. The zero-order valence-corrected chi connectivity index (χ0v) is 11.7. The third-order valence-electron chi connectivity index (χ3n) is 4.18. The van der Waals surface area contributed by atoms with E-state index in [0.29, 0.717) is 17.9 Å². The Labute approximate surface area is 105 Å². The molecule has 2 rings (SSSR count). The maximum absolute atomic E-state index is 5.76. The largest absolute Gasteiger partial charge is 0.381 e. The minimum Gasteiger partial charge on any atom is -0.381 e. The molecule has 0 aromatic heterocycles. The maximum Gasteiger partial charge on any atom is 0.0650 e. The Kier molecular flexibility index (Phi) is 3.31. The van der Waals surface area contributed by atoms with Crippen LogP contribution in [-0.4, -0.2) is 13.2 Å². The molecular formula is C16H24O. The van der Waals surface area contributed by atoms with Crippen LogP contribution in [0.2, 0.25) is 0 Å². The second kappa shape index (κ2) is 4.45. The summed E-state index contributed by atoms with van der Waals surface area (Å²) in [6, 6.07) is 8.89. The highest BCUT2D eigenvalue weighted by molar-refractivity contribution is 5.40. The molecule has 0 fully saturated rings. The predicted molar refractivity (Wildman–Crippen MR) is 72.5 cm³/mol. The molecule has 17 heavy (non-hydrogen) atoms. The highest BCUT2D eigenvalue weighted by Gasteiger charge is 2.40. The summed E-state index contributed by atoms with van der Waals surface area (Å²) in [7, 11) is 1.85. The number of methoxy groups -OCH3 is 1. The van der Waals surface area contributed by atoms with Gasteiger partial charge in [0.2, 0.25) is 0 Å². The van der Waals surface area contributed by atoms with Crippen molar-refractivity contribution in [1.29, 1.82) is 0 Å². The Hall–Kier alpha value is -0.820. The molecular weight excluding hydrogens is 208 g/mol. The van der Waals surface area contributed by atoms with Gasteiger partial charge in [0.05, 0.1) is 6.10 Å². The van der Waals surface area contributed by atoms with Gasteiger partial charge in [0.1, 0.15) is 0 Å². The molecule has 0 bridgehead atoms. The normalized spacial score (nSPS) is 26.9. The second-order valence-electron chi connectivity index (χ2n) is 6.22. The summed E-state index contributed by atoms with van der Waals surface area (Å²) < 4.78 is 5.76. The summed E-state index contributed by atoms with van der Waals surface area (Å²) in [5.74, 6) is 1.15. The standard InChI is InChI=1S/C16H24O/c1-11(2)15-12-8-6-7-9-13(12)16(3,4)10-14(15)17-5/h6-9,11,14-15H,10H2,1-5H3/t14-,15-/m1/s1. The fraction of sp³-hybridized carbons (Fsp3) is 0.625. The van der Waals surface area contributed by atoms with Gasteiger partial charge in [-0.25, -0.2) is 0 Å². The number of fused-ring (bicyclic) bond motifs is 1. The van der Waals surface area contributed by atoms with Gasteiger partial charge in [0, 0.05) is 13.0 Å². The summed E-state index contributed by atoms with van der Waals surface area (Å²) in [5, 5.41) is 0. The van der Waals surface area contributed by atoms with E-state index >= 15 is 0 Å². The summed E-state index contributed by atoms with van der Waals surface area (Å²) >= 11 is 0. The fourth-order valence-electron chi connectivity index (χ4n) is 3.36. The van der Waals surface area contributed by atoms with Crippen molar-refractivity contribution >= 4 is 0 Å². The van der Waals surface area contributed by atoms with Crippen molar-refractivity contribution in [3.63, 3.8) is 0 Å². The zero-order valence-electron chi connectivity index (χ0n) is 11.7. The van der Waals surface area contributed by atoms with Crippen LogP contribution in [0.5, 0.6) is 0 Å². The van der Waals surface area contributed by atoms with E-state index in [2.05, 4.69) is 52.0 Å². The van der Waals surface area contributed by atoms with Gasteiger partial charge in [-0.3, -0.25) is 0 Å². The van der Waals surface area contributed by atoms with E-state index in [1.54, 1.807) is 0 Å². The third kappa shape index (κ3) is 2.13. The Bertz CT molecular complexity index is 392. The van der Waals surface area contributed by atoms with Crippen molar-refractivity contribution in [1.82, 2.24) is 0 Å². The van der Waals surface area contributed by atoms with Gasteiger partial charge in [-0.1, -0.05) is 52.0 Å². The smallest absolute Gasteiger partial charge is 0.0650 e. The van der Waals surface area contributed by atoms with Crippen molar-refractivity contribution in [2.45, 2.75) is 51.6 Å². The van der Waals surface area contributed by atoms with Crippen molar-refractivity contribution in [3.05, 3.63) is 35.4 Å². The number of hydrogen-bond donors (Lipinski definition) is 0. The number of hydrogen-bond acceptors (Lipinski definition) is 1. The first-order valence-electron chi connectivity index (χ1n) is 6.59. The average molecular weight is 232 g/mol. The summed E-state index contributed by atoms with van der Waals surface area (Å²) in [4.78, 5) is 0. The topological polar surface area (TPSA) is 9.23 Å². The molecule has 0 spiro atoms. The van der Waals surface area contributed by atoms with E-state index < -0.39 is 0 Å². The van der Waals surface area contributed by atoms with Crippen LogP contribution in [0.15, 0.2) is 24.3 Å². The van der Waals surface area contributed by atoms with E-state index in [1.807, 2.05) is 7.11 Å². The Morgan fingerprint density at radius 2 is 1.88 bits per heavy atom. The van der Waals surface area contributed by atoms with E-state index in [-0.39, 0.29) is 5.41 Å². The van der Waals surface area contributed by atoms with Crippen LogP contribution in [0.1, 0.15) is 51.2 Å². The number of rotatable bonds is 2. The van der Waals surface area contributed by atoms with Gasteiger partial charge < -0.3 is 4.74 Å². The summed E-state index contributed by atoms with van der Waals surface area (Å²) in [6.07, 6.45) is 1.46. The van der Waals surface area contributed by atoms with Crippen LogP contribution in [0.25, 0.3) is 0 Å². The zero-order chi connectivity index (χ0) is 12.6. The van der Waals surface area contributed by atoms with Gasteiger partial charge in [0.25, 0.3) is 0 Å². The molecule has 94 valence electrons. The summed E-state index contributed by atoms with van der Waals surface area (Å²) in [6.45, 7) is 9.25. The fourth-order valence-corrected chi connectivity index (χ4v) is 3.36. The van der Waals surface area contributed by atoms with E-state index in [9.17, 15) is 0 Å². The first-order chi connectivity index (χ1) is 7.97. The van der Waals surface area contributed by atoms with Crippen LogP contribution >= 0.6 is 0 Å². The van der Waals surface area contributed by atoms with Gasteiger partial charge in [-0.15, -0.1) is 0 Å². The van der Waals surface area contributed by atoms with Crippen molar-refractivity contribution in [2.24, 2.45) is 5.92 Å². The molecule has 1 aromatic carbocycles. The lowest BCUT2D eigenvalue weighted by Gasteiger charge is -2.43. The summed E-state index contributed by atoms with van der Waals surface area (Å²) in [5.41, 5.74) is 3.22. The Balaban J connectivity index is 2.53. The SMILES string of the molecule is CO[C@@H]1CC(C)(C)c2ccccc2[C@H]1C(C)C. The van der Waals surface area contributed by atoms with Gasteiger partial charge in [-0.05, 0) is 28.9 Å². The van der Waals surface area contributed by atoms with Crippen molar-refractivity contribution < 1.29 is 4.74 Å². The molecule has 0 N–H and O–H groups in total. The molecule has 0 saturated heterocycles. The van der Waals surface area contributed by atoms with Gasteiger partial charge in [-0.2, -0.15) is 0 Å². The van der Waals surface area contributed by atoms with E-state index in [0.717, 1.165) is 6.42 Å². The highest BCUT2D eigenvalue weighted by atomic mass is 16.5. The lowest BCUT2D eigenvalue weighted by atomic mass is 9.65. The highest BCUT2D eigenvalue weighted by Crippen LogP contribution is 2.46. The second-order valence-corrected chi connectivity index (χ2v) is 6.22. The quantitative estimate of drug-likeness (QED) is 0.745. The maximum atomic E-state index is 5.76. The predicted octanol–water partition coefficient (Wildman–Crippen LogP) is 4.12. The van der Waals surface area contributed by atoms with Crippen LogP contribution in [-0.2, 0) is 10.2 Å². The molecule has 1 aliphatic carbocycles. The molecule has 1 nitrogen and oxygen atoms in total. The Morgan fingerprint density at radius 1 is 1.24 bits per heavy atom. The van der Waals surface area contributed by atoms with Crippen molar-refractivity contribution in [3.8, 4) is 0 Å². The van der Waals surface area contributed by atoms with Crippen molar-refractivity contribution in [2.75, 3.05) is 7.11 Å². The molecule has 0 amide bonds. The number of benzene rings is 1. The number of ether oxygens (including phenoxy) is 1. The molecule has 1 aliphatic rings. The molecule has 1 heteroatoms.